The minimum atomic E-state index is -0.0634. The maximum atomic E-state index is 14.6. The Morgan fingerprint density at radius 2 is 0.804 bits per heavy atom. The van der Waals surface area contributed by atoms with Gasteiger partial charge in [0.05, 0.1) is 0 Å². The Morgan fingerprint density at radius 3 is 1.26 bits per heavy atom. The van der Waals surface area contributed by atoms with Crippen LogP contribution in [0.5, 0.6) is 0 Å². The van der Waals surface area contributed by atoms with Crippen LogP contribution in [-0.2, 0) is 23.7 Å². The van der Waals surface area contributed by atoms with Gasteiger partial charge in [0.1, 0.15) is 0 Å². The fourth-order valence-electron chi connectivity index (χ4n) is 8.75. The molecule has 46 heavy (non-hydrogen) atoms. The quantitative estimate of drug-likeness (QED) is 0.195. The van der Waals surface area contributed by atoms with E-state index in [2.05, 4.69) is 149 Å². The van der Waals surface area contributed by atoms with Crippen molar-refractivity contribution in [2.24, 2.45) is 0 Å². The van der Waals surface area contributed by atoms with Gasteiger partial charge in [-0.1, -0.05) is 137 Å². The molecule has 0 unspecified atom stereocenters. The number of rotatable bonds is 2. The van der Waals surface area contributed by atoms with Crippen molar-refractivity contribution in [3.8, 4) is 44.5 Å². The van der Waals surface area contributed by atoms with Gasteiger partial charge < -0.3 is 0 Å². The largest absolute Gasteiger partial charge is 0.289 e. The van der Waals surface area contributed by atoms with Crippen molar-refractivity contribution in [3.05, 3.63) is 166 Å². The Hall–Kier alpha value is -5.01. The molecule has 0 spiro atoms. The molecule has 1 heteroatoms. The summed E-state index contributed by atoms with van der Waals surface area (Å²) in [6.45, 7) is 9.27. The zero-order chi connectivity index (χ0) is 31.4. The highest BCUT2D eigenvalue weighted by molar-refractivity contribution is 6.13. The highest BCUT2D eigenvalue weighted by Crippen LogP contribution is 2.53. The molecule has 6 aromatic rings. The van der Waals surface area contributed by atoms with Gasteiger partial charge >= 0.3 is 0 Å². The third-order valence-corrected chi connectivity index (χ3v) is 11.2. The first kappa shape index (κ1) is 27.3. The molecule has 222 valence electrons. The van der Waals surface area contributed by atoms with Crippen LogP contribution in [0.15, 0.2) is 121 Å². The minimum Gasteiger partial charge on any atom is -0.289 e. The number of hydrogen-bond donors (Lipinski definition) is 0. The molecule has 0 bridgehead atoms. The van der Waals surface area contributed by atoms with Crippen molar-refractivity contribution in [3.63, 3.8) is 0 Å². The summed E-state index contributed by atoms with van der Waals surface area (Å²) in [5.41, 5.74) is 19.1. The SMILES string of the molecule is CC1(C)c2ccccc2-c2c(-c3ccc4c(c3)C(=O)c3cc(-c5cccc6c5-c5ccccc5C6(C)C)ccc3CC4)cccc21. The standard InChI is InChI=1S/C45H36O/c1-44(2)37-15-7-5-11-33(37)41-31(13-9-17-39(41)44)29-23-21-27-19-20-28-22-24-30(26-36(28)43(46)35(27)25-29)32-14-10-18-40-42(32)34-12-6-8-16-38(34)45(40,3)4/h5-18,21-26H,19-20H2,1-4H3. The lowest BCUT2D eigenvalue weighted by Gasteiger charge is -2.21. The Bertz CT molecular complexity index is 2120. The smallest absolute Gasteiger partial charge is 0.193 e. The molecule has 0 heterocycles. The molecule has 0 N–H and O–H groups in total. The summed E-state index contributed by atoms with van der Waals surface area (Å²) >= 11 is 0. The average Bonchev–Trinajstić information content (AvgIpc) is 3.40. The van der Waals surface area contributed by atoms with Gasteiger partial charge in [-0.3, -0.25) is 4.79 Å². The molecule has 9 rings (SSSR count). The molecule has 0 radical (unpaired) electrons. The fraction of sp³-hybridized carbons (Fsp3) is 0.178. The van der Waals surface area contributed by atoms with Crippen molar-refractivity contribution in [1.29, 1.82) is 0 Å². The van der Waals surface area contributed by atoms with Gasteiger partial charge in [-0.05, 0) is 103 Å². The van der Waals surface area contributed by atoms with Crippen LogP contribution in [-0.4, -0.2) is 5.78 Å². The lowest BCUT2D eigenvalue weighted by molar-refractivity contribution is 0.103. The topological polar surface area (TPSA) is 17.1 Å². The molecule has 0 saturated heterocycles. The van der Waals surface area contributed by atoms with E-state index < -0.39 is 0 Å². The van der Waals surface area contributed by atoms with Gasteiger partial charge in [0.2, 0.25) is 0 Å². The van der Waals surface area contributed by atoms with Gasteiger partial charge in [-0.15, -0.1) is 0 Å². The monoisotopic (exact) mass is 592 g/mol. The van der Waals surface area contributed by atoms with Crippen molar-refractivity contribution in [2.75, 3.05) is 0 Å². The van der Waals surface area contributed by atoms with E-state index in [1.807, 2.05) is 0 Å². The first-order chi connectivity index (χ1) is 22.2. The van der Waals surface area contributed by atoms with Crippen molar-refractivity contribution < 1.29 is 4.79 Å². The van der Waals surface area contributed by atoms with E-state index in [0.717, 1.165) is 46.2 Å². The van der Waals surface area contributed by atoms with Gasteiger partial charge in [0.25, 0.3) is 0 Å². The number of carbonyl (C=O) groups excluding carboxylic acids is 1. The number of benzene rings is 6. The lowest BCUT2D eigenvalue weighted by atomic mass is 9.82. The van der Waals surface area contributed by atoms with E-state index in [9.17, 15) is 4.79 Å². The van der Waals surface area contributed by atoms with Crippen LogP contribution in [0.4, 0.5) is 0 Å². The van der Waals surface area contributed by atoms with Crippen LogP contribution in [0.25, 0.3) is 44.5 Å². The van der Waals surface area contributed by atoms with Crippen molar-refractivity contribution >= 4 is 5.78 Å². The number of aryl methyl sites for hydroxylation is 2. The molecule has 3 aliphatic carbocycles. The predicted molar refractivity (Wildman–Crippen MR) is 190 cm³/mol. The summed E-state index contributed by atoms with van der Waals surface area (Å²) in [7, 11) is 0. The van der Waals surface area contributed by atoms with E-state index >= 15 is 0 Å². The average molecular weight is 593 g/mol. The molecular weight excluding hydrogens is 556 g/mol. The van der Waals surface area contributed by atoms with E-state index in [1.165, 1.54) is 55.6 Å². The Labute approximate surface area is 271 Å². The molecule has 0 saturated carbocycles. The van der Waals surface area contributed by atoms with Crippen LogP contribution in [0.2, 0.25) is 0 Å². The zero-order valence-corrected chi connectivity index (χ0v) is 26.9. The first-order valence-electron chi connectivity index (χ1n) is 16.5. The molecule has 0 aliphatic heterocycles. The molecule has 0 amide bonds. The number of fused-ring (bicyclic) bond motifs is 8. The van der Waals surface area contributed by atoms with Gasteiger partial charge in [-0.25, -0.2) is 0 Å². The van der Waals surface area contributed by atoms with E-state index in [4.69, 9.17) is 0 Å². The predicted octanol–water partition coefficient (Wildman–Crippen LogP) is 11.0. The Balaban J connectivity index is 1.17. The molecule has 0 fully saturated rings. The second kappa shape index (κ2) is 9.50. The summed E-state index contributed by atoms with van der Waals surface area (Å²) < 4.78 is 0. The van der Waals surface area contributed by atoms with E-state index in [-0.39, 0.29) is 16.6 Å². The van der Waals surface area contributed by atoms with Crippen LogP contribution in [0, 0.1) is 0 Å². The normalized spacial score (nSPS) is 16.0. The molecular formula is C45H36O. The highest BCUT2D eigenvalue weighted by atomic mass is 16.1. The number of ketones is 1. The molecule has 6 aromatic carbocycles. The summed E-state index contributed by atoms with van der Waals surface area (Å²) in [6.07, 6.45) is 1.72. The number of carbonyl (C=O) groups is 1. The van der Waals surface area contributed by atoms with Crippen LogP contribution < -0.4 is 0 Å². The Morgan fingerprint density at radius 1 is 0.413 bits per heavy atom. The fourth-order valence-corrected chi connectivity index (χ4v) is 8.75. The van der Waals surface area contributed by atoms with E-state index in [0.29, 0.717) is 0 Å². The second-order valence-electron chi connectivity index (χ2n) is 14.4. The molecule has 1 nitrogen and oxygen atoms in total. The van der Waals surface area contributed by atoms with Crippen molar-refractivity contribution in [2.45, 2.75) is 51.4 Å². The maximum Gasteiger partial charge on any atom is 0.193 e. The van der Waals surface area contributed by atoms with Gasteiger partial charge in [0.15, 0.2) is 5.78 Å². The van der Waals surface area contributed by atoms with Gasteiger partial charge in [0, 0.05) is 22.0 Å². The summed E-state index contributed by atoms with van der Waals surface area (Å²) in [5, 5.41) is 0. The molecule has 0 aromatic heterocycles. The lowest BCUT2D eigenvalue weighted by Crippen LogP contribution is -2.14. The van der Waals surface area contributed by atoms with E-state index in [1.54, 1.807) is 0 Å². The Kier molecular flexibility index (Phi) is 5.64. The third-order valence-electron chi connectivity index (χ3n) is 11.2. The number of hydrogen-bond acceptors (Lipinski definition) is 1. The summed E-state index contributed by atoms with van der Waals surface area (Å²) in [5.74, 6) is 0.132. The molecule has 0 atom stereocenters. The van der Waals surface area contributed by atoms with Crippen LogP contribution >= 0.6 is 0 Å². The summed E-state index contributed by atoms with van der Waals surface area (Å²) in [6, 6.07) is 44.1. The van der Waals surface area contributed by atoms with Gasteiger partial charge in [-0.2, -0.15) is 0 Å². The molecule has 3 aliphatic rings. The highest BCUT2D eigenvalue weighted by Gasteiger charge is 2.38. The second-order valence-corrected chi connectivity index (χ2v) is 14.4. The third kappa shape index (κ3) is 3.66. The van der Waals surface area contributed by atoms with Crippen LogP contribution in [0.1, 0.15) is 77.0 Å². The summed E-state index contributed by atoms with van der Waals surface area (Å²) in [4.78, 5) is 14.6. The maximum absolute atomic E-state index is 14.6. The van der Waals surface area contributed by atoms with Crippen LogP contribution in [0.3, 0.4) is 0 Å². The zero-order valence-electron chi connectivity index (χ0n) is 26.9. The first-order valence-corrected chi connectivity index (χ1v) is 16.5. The van der Waals surface area contributed by atoms with Crippen molar-refractivity contribution in [1.82, 2.24) is 0 Å². The minimum absolute atomic E-state index is 0.0634.